The molecule has 1 aliphatic rings. The number of halogens is 1. The number of aromatic nitrogens is 1. The van der Waals surface area contributed by atoms with Gasteiger partial charge in [0, 0.05) is 24.0 Å². The van der Waals surface area contributed by atoms with Crippen molar-refractivity contribution in [2.75, 3.05) is 13.1 Å². The number of para-hydroxylation sites is 1. The number of piperidine rings is 1. The first-order valence-electron chi connectivity index (χ1n) is 6.86. The summed E-state index contributed by atoms with van der Waals surface area (Å²) in [5, 5.41) is 10.3. The van der Waals surface area contributed by atoms with Gasteiger partial charge >= 0.3 is 5.97 Å². The molecule has 0 radical (unpaired) electrons. The normalized spacial score (nSPS) is 18.9. The Bertz CT molecular complexity index is 710. The summed E-state index contributed by atoms with van der Waals surface area (Å²) in [7, 11) is 0. The zero-order chi connectivity index (χ0) is 15.0. The van der Waals surface area contributed by atoms with Gasteiger partial charge in [0.15, 0.2) is 0 Å². The molecule has 3 rings (SSSR count). The van der Waals surface area contributed by atoms with Crippen LogP contribution in [0.4, 0.5) is 0 Å². The first-order chi connectivity index (χ1) is 10.1. The molecule has 0 spiro atoms. The fourth-order valence-corrected chi connectivity index (χ4v) is 3.07. The summed E-state index contributed by atoms with van der Waals surface area (Å²) in [5.74, 6) is -1.58. The number of amides is 1. The molecule has 1 fully saturated rings. The monoisotopic (exact) mass is 306 g/mol. The molecule has 0 bridgehead atoms. The highest BCUT2D eigenvalue weighted by Gasteiger charge is 2.30. The highest BCUT2D eigenvalue weighted by molar-refractivity contribution is 6.38. The summed E-state index contributed by atoms with van der Waals surface area (Å²) in [6.07, 6.45) is 1.31. The van der Waals surface area contributed by atoms with Gasteiger partial charge in [0.25, 0.3) is 5.91 Å². The summed E-state index contributed by atoms with van der Waals surface area (Å²) in [6.45, 7) is 0.800. The molecule has 5 nitrogen and oxygen atoms in total. The number of nitrogens with one attached hydrogen (secondary N) is 1. The van der Waals surface area contributed by atoms with Gasteiger partial charge in [0.2, 0.25) is 0 Å². The van der Waals surface area contributed by atoms with Gasteiger partial charge in [-0.2, -0.15) is 0 Å². The molecule has 1 saturated heterocycles. The predicted octanol–water partition coefficient (Wildman–Crippen LogP) is 2.76. The van der Waals surface area contributed by atoms with E-state index < -0.39 is 11.9 Å². The first-order valence-corrected chi connectivity index (χ1v) is 7.24. The Kier molecular flexibility index (Phi) is 3.59. The van der Waals surface area contributed by atoms with E-state index in [9.17, 15) is 9.59 Å². The zero-order valence-corrected chi connectivity index (χ0v) is 12.1. The lowest BCUT2D eigenvalue weighted by atomic mass is 9.98. The standard InChI is InChI=1S/C15H15ClN2O3/c16-12-10-5-1-2-6-11(10)17-13(12)14(19)18-7-3-4-9(8-18)15(20)21/h1-2,5-6,9,17H,3-4,7-8H2,(H,20,21). The smallest absolute Gasteiger partial charge is 0.308 e. The van der Waals surface area contributed by atoms with E-state index in [2.05, 4.69) is 4.98 Å². The molecule has 1 aromatic heterocycles. The van der Waals surface area contributed by atoms with Crippen molar-refractivity contribution < 1.29 is 14.7 Å². The van der Waals surface area contributed by atoms with Crippen LogP contribution in [0.3, 0.4) is 0 Å². The highest BCUT2D eigenvalue weighted by Crippen LogP contribution is 2.29. The molecule has 1 aliphatic heterocycles. The van der Waals surface area contributed by atoms with Crippen LogP contribution in [0.1, 0.15) is 23.3 Å². The molecule has 0 saturated carbocycles. The van der Waals surface area contributed by atoms with Crippen LogP contribution in [0.15, 0.2) is 24.3 Å². The molecule has 1 atom stereocenters. The maximum atomic E-state index is 12.6. The number of benzene rings is 1. The molecule has 21 heavy (non-hydrogen) atoms. The van der Waals surface area contributed by atoms with E-state index in [0.717, 1.165) is 10.9 Å². The second-order valence-corrected chi connectivity index (χ2v) is 5.67. The van der Waals surface area contributed by atoms with E-state index in [4.69, 9.17) is 16.7 Å². The Morgan fingerprint density at radius 3 is 2.81 bits per heavy atom. The molecule has 1 amide bonds. The van der Waals surface area contributed by atoms with E-state index in [1.807, 2.05) is 24.3 Å². The number of carboxylic acid groups (broad SMARTS) is 1. The Balaban J connectivity index is 1.90. The summed E-state index contributed by atoms with van der Waals surface area (Å²) >= 11 is 6.28. The number of carboxylic acids is 1. The Morgan fingerprint density at radius 1 is 1.33 bits per heavy atom. The zero-order valence-electron chi connectivity index (χ0n) is 11.3. The van der Waals surface area contributed by atoms with E-state index in [0.29, 0.717) is 30.1 Å². The summed E-state index contributed by atoms with van der Waals surface area (Å²) < 4.78 is 0. The van der Waals surface area contributed by atoms with Crippen molar-refractivity contribution in [2.45, 2.75) is 12.8 Å². The van der Waals surface area contributed by atoms with Crippen LogP contribution in [0.25, 0.3) is 10.9 Å². The third-order valence-corrected chi connectivity index (χ3v) is 4.31. The molecule has 2 N–H and O–H groups in total. The predicted molar refractivity (Wildman–Crippen MR) is 79.6 cm³/mol. The minimum atomic E-state index is -0.852. The largest absolute Gasteiger partial charge is 0.481 e. The molecule has 6 heteroatoms. The number of fused-ring (bicyclic) bond motifs is 1. The van der Waals surface area contributed by atoms with Crippen molar-refractivity contribution in [3.63, 3.8) is 0 Å². The van der Waals surface area contributed by atoms with E-state index >= 15 is 0 Å². The van der Waals surface area contributed by atoms with Crippen LogP contribution in [0.5, 0.6) is 0 Å². The molecule has 1 aromatic carbocycles. The van der Waals surface area contributed by atoms with Crippen LogP contribution < -0.4 is 0 Å². The maximum Gasteiger partial charge on any atom is 0.308 e. The van der Waals surface area contributed by atoms with Crippen molar-refractivity contribution in [2.24, 2.45) is 5.92 Å². The molecular formula is C15H15ClN2O3. The Hall–Kier alpha value is -2.01. The van der Waals surface area contributed by atoms with E-state index in [-0.39, 0.29) is 12.5 Å². The number of rotatable bonds is 2. The van der Waals surface area contributed by atoms with Crippen LogP contribution in [0.2, 0.25) is 5.02 Å². The number of aromatic amines is 1. The van der Waals surface area contributed by atoms with Gasteiger partial charge in [-0.15, -0.1) is 0 Å². The van der Waals surface area contributed by atoms with Crippen molar-refractivity contribution >= 4 is 34.4 Å². The van der Waals surface area contributed by atoms with Gasteiger partial charge < -0.3 is 15.0 Å². The second kappa shape index (κ2) is 5.41. The molecule has 1 unspecified atom stereocenters. The number of carbonyl (C=O) groups excluding carboxylic acids is 1. The number of hydrogen-bond donors (Lipinski definition) is 2. The fourth-order valence-electron chi connectivity index (χ4n) is 2.78. The van der Waals surface area contributed by atoms with Crippen LogP contribution in [-0.2, 0) is 4.79 Å². The number of hydrogen-bond acceptors (Lipinski definition) is 2. The SMILES string of the molecule is O=C(O)C1CCCN(C(=O)c2[nH]c3ccccc3c2Cl)C1. The molecular weight excluding hydrogens is 292 g/mol. The van der Waals surface area contributed by atoms with Crippen molar-refractivity contribution in [1.29, 1.82) is 0 Å². The number of aliphatic carboxylic acids is 1. The quantitative estimate of drug-likeness (QED) is 0.896. The van der Waals surface area contributed by atoms with Gasteiger partial charge in [-0.05, 0) is 18.9 Å². The summed E-state index contributed by atoms with van der Waals surface area (Å²) in [5.41, 5.74) is 1.14. The third kappa shape index (κ3) is 2.49. The molecule has 0 aliphatic carbocycles. The number of carbonyl (C=O) groups is 2. The van der Waals surface area contributed by atoms with Crippen LogP contribution in [-0.4, -0.2) is 40.0 Å². The van der Waals surface area contributed by atoms with Gasteiger partial charge in [-0.3, -0.25) is 9.59 Å². The lowest BCUT2D eigenvalue weighted by Crippen LogP contribution is -2.42. The molecule has 110 valence electrons. The lowest BCUT2D eigenvalue weighted by Gasteiger charge is -2.30. The minimum absolute atomic E-state index is 0.234. The lowest BCUT2D eigenvalue weighted by molar-refractivity contribution is -0.143. The first kappa shape index (κ1) is 13.9. The van der Waals surface area contributed by atoms with Gasteiger partial charge in [0.1, 0.15) is 5.69 Å². The number of H-pyrrole nitrogens is 1. The third-order valence-electron chi connectivity index (χ3n) is 3.91. The van der Waals surface area contributed by atoms with E-state index in [1.165, 1.54) is 0 Å². The fraction of sp³-hybridized carbons (Fsp3) is 0.333. The Morgan fingerprint density at radius 2 is 2.10 bits per heavy atom. The average molecular weight is 307 g/mol. The van der Waals surface area contributed by atoms with Gasteiger partial charge in [0.05, 0.1) is 10.9 Å². The van der Waals surface area contributed by atoms with Crippen molar-refractivity contribution in [3.05, 3.63) is 35.0 Å². The van der Waals surface area contributed by atoms with E-state index in [1.54, 1.807) is 4.90 Å². The highest BCUT2D eigenvalue weighted by atomic mass is 35.5. The van der Waals surface area contributed by atoms with Crippen LogP contribution in [0, 0.1) is 5.92 Å². The van der Waals surface area contributed by atoms with Gasteiger partial charge in [-0.1, -0.05) is 29.8 Å². The minimum Gasteiger partial charge on any atom is -0.481 e. The number of likely N-dealkylation sites (tertiary alicyclic amines) is 1. The maximum absolute atomic E-state index is 12.6. The van der Waals surface area contributed by atoms with Crippen molar-refractivity contribution in [3.8, 4) is 0 Å². The average Bonchev–Trinajstić information content (AvgIpc) is 2.84. The molecule has 2 heterocycles. The van der Waals surface area contributed by atoms with Gasteiger partial charge in [-0.25, -0.2) is 0 Å². The topological polar surface area (TPSA) is 73.4 Å². The summed E-state index contributed by atoms with van der Waals surface area (Å²) in [6, 6.07) is 7.43. The summed E-state index contributed by atoms with van der Waals surface area (Å²) in [4.78, 5) is 28.3. The second-order valence-electron chi connectivity index (χ2n) is 5.29. The van der Waals surface area contributed by atoms with Crippen LogP contribution >= 0.6 is 11.6 Å². The molecule has 2 aromatic rings. The number of nitrogens with zero attached hydrogens (tertiary/aromatic N) is 1. The van der Waals surface area contributed by atoms with Crippen molar-refractivity contribution in [1.82, 2.24) is 9.88 Å². The Labute approximate surface area is 126 Å².